The lowest BCUT2D eigenvalue weighted by molar-refractivity contribution is -0.199. The summed E-state index contributed by atoms with van der Waals surface area (Å²) in [5.41, 5.74) is 1.47. The number of hydroxylamine groups is 2. The molecule has 0 amide bonds. The van der Waals surface area contributed by atoms with E-state index in [1.54, 1.807) is 12.3 Å². The highest BCUT2D eigenvalue weighted by Crippen LogP contribution is 2.34. The molecule has 12 nitrogen and oxygen atoms in total. The van der Waals surface area contributed by atoms with Gasteiger partial charge in [-0.05, 0) is 73.9 Å². The van der Waals surface area contributed by atoms with Crippen LogP contribution < -0.4 is 9.31 Å². The molecule has 54 heavy (non-hydrogen) atoms. The highest BCUT2D eigenvalue weighted by atomic mass is 32.2. The van der Waals surface area contributed by atoms with E-state index in [2.05, 4.69) is 31.9 Å². The van der Waals surface area contributed by atoms with Crippen LogP contribution in [0.1, 0.15) is 48.0 Å². The number of rotatable bonds is 11. The van der Waals surface area contributed by atoms with Crippen molar-refractivity contribution in [2.75, 3.05) is 68.2 Å². The summed E-state index contributed by atoms with van der Waals surface area (Å²) in [7, 11) is -3.46. The van der Waals surface area contributed by atoms with E-state index in [4.69, 9.17) is 4.84 Å². The number of carbonyl (C=O) groups excluding carboxylic acids is 2. The molecule has 2 aromatic heterocycles. The van der Waals surface area contributed by atoms with Crippen molar-refractivity contribution in [3.63, 3.8) is 0 Å². The maximum Gasteiger partial charge on any atom is 0.328 e. The van der Waals surface area contributed by atoms with Gasteiger partial charge in [-0.3, -0.25) is 9.59 Å². The monoisotopic (exact) mass is 765 g/mol. The largest absolute Gasteiger partial charge is 0.372 e. The van der Waals surface area contributed by atoms with Crippen LogP contribution in [0.15, 0.2) is 54.9 Å². The number of thiol groups is 1. The van der Waals surface area contributed by atoms with Crippen LogP contribution in [0.25, 0.3) is 22.2 Å². The summed E-state index contributed by atoms with van der Waals surface area (Å²) in [5, 5.41) is 3.29. The zero-order valence-electron chi connectivity index (χ0n) is 29.6. The van der Waals surface area contributed by atoms with Crippen molar-refractivity contribution in [2.45, 2.75) is 38.3 Å². The first-order valence-electron chi connectivity index (χ1n) is 18.5. The van der Waals surface area contributed by atoms with Crippen molar-refractivity contribution < 1.29 is 36.0 Å². The average molecular weight is 766 g/mol. The molecule has 1 saturated carbocycles. The third kappa shape index (κ3) is 7.56. The number of nitrogens with one attached hydrogen (secondary N) is 1. The number of piperazine rings is 1. The van der Waals surface area contributed by atoms with Crippen LogP contribution in [0, 0.1) is 23.5 Å². The number of aromatic nitrogens is 2. The summed E-state index contributed by atoms with van der Waals surface area (Å²) >= 11 is 0. The molecule has 4 aromatic rings. The number of pyridine rings is 1. The van der Waals surface area contributed by atoms with Gasteiger partial charge in [0.25, 0.3) is 0 Å². The number of benzene rings is 2. The van der Waals surface area contributed by atoms with Gasteiger partial charge in [-0.25, -0.2) is 31.6 Å². The maximum atomic E-state index is 15.9. The summed E-state index contributed by atoms with van der Waals surface area (Å²) in [6.07, 6.45) is 5.80. The highest BCUT2D eigenvalue weighted by Gasteiger charge is 2.35. The van der Waals surface area contributed by atoms with Gasteiger partial charge < -0.3 is 19.6 Å². The second-order valence-electron chi connectivity index (χ2n) is 14.6. The van der Waals surface area contributed by atoms with E-state index < -0.39 is 45.7 Å². The number of nitrogens with zero attached hydrogens (tertiary/aromatic N) is 6. The number of carbonyl (C=O) groups is 2. The fourth-order valence-electron chi connectivity index (χ4n) is 7.73. The van der Waals surface area contributed by atoms with E-state index in [1.165, 1.54) is 6.20 Å². The molecule has 1 N–H and O–H groups in total. The predicted octanol–water partition coefficient (Wildman–Crippen LogP) is 4.73. The summed E-state index contributed by atoms with van der Waals surface area (Å²) in [6, 6.07) is 11.6. The number of aromatic amines is 1. The topological polar surface area (TPSA) is 122 Å². The SMILES string of the molecule is O=C(c1c(F)ccc(N(N2CC[C@@H](F)C2)[SH](=O)=O)c1F)c1c[nH]c2ncc(-c3ccc(N4CCC(CN5CCN(OC(=O)C6CC6)CC5)CC4)cc3)cc12. The lowest BCUT2D eigenvalue weighted by Gasteiger charge is -2.38. The van der Waals surface area contributed by atoms with Gasteiger partial charge in [0.1, 0.15) is 23.3 Å². The Morgan fingerprint density at radius 3 is 2.31 bits per heavy atom. The van der Waals surface area contributed by atoms with Gasteiger partial charge in [0, 0.05) is 87.0 Å². The van der Waals surface area contributed by atoms with Gasteiger partial charge in [-0.2, -0.15) is 4.41 Å². The van der Waals surface area contributed by atoms with Crippen molar-refractivity contribution in [3.8, 4) is 11.1 Å². The molecule has 3 aliphatic heterocycles. The molecule has 1 atom stereocenters. The molecule has 3 saturated heterocycles. The second-order valence-corrected chi connectivity index (χ2v) is 15.5. The van der Waals surface area contributed by atoms with Crippen LogP contribution in [-0.4, -0.2) is 110 Å². The fourth-order valence-corrected chi connectivity index (χ4v) is 8.43. The summed E-state index contributed by atoms with van der Waals surface area (Å²) in [5.74, 6) is -2.87. The molecular weight excluding hydrogens is 724 g/mol. The van der Waals surface area contributed by atoms with E-state index >= 15 is 8.78 Å². The fraction of sp³-hybridized carbons (Fsp3) is 0.447. The van der Waals surface area contributed by atoms with Gasteiger partial charge in [0.05, 0.1) is 18.0 Å². The molecule has 0 radical (unpaired) electrons. The van der Waals surface area contributed by atoms with Crippen molar-refractivity contribution in [1.82, 2.24) is 24.9 Å². The third-order valence-corrected chi connectivity index (χ3v) is 11.8. The molecule has 5 heterocycles. The number of hydrogen-bond acceptors (Lipinski definition) is 10. The predicted molar refractivity (Wildman–Crippen MR) is 197 cm³/mol. The first-order chi connectivity index (χ1) is 26.1. The van der Waals surface area contributed by atoms with Gasteiger partial charge in [0.15, 0.2) is 5.82 Å². The molecule has 8 rings (SSSR count). The molecule has 0 bridgehead atoms. The van der Waals surface area contributed by atoms with Crippen LogP contribution in [0.3, 0.4) is 0 Å². The number of fused-ring (bicyclic) bond motifs is 1. The first-order valence-corrected chi connectivity index (χ1v) is 19.6. The Bertz CT molecular complexity index is 2100. The Balaban J connectivity index is 0.919. The number of hydrogen-bond donors (Lipinski definition) is 2. The first kappa shape index (κ1) is 36.5. The zero-order chi connectivity index (χ0) is 37.5. The van der Waals surface area contributed by atoms with Crippen LogP contribution in [-0.2, 0) is 20.5 Å². The van der Waals surface area contributed by atoms with Crippen LogP contribution in [0.5, 0.6) is 0 Å². The van der Waals surface area contributed by atoms with Crippen molar-refractivity contribution in [2.24, 2.45) is 11.8 Å². The van der Waals surface area contributed by atoms with Gasteiger partial charge in [0.2, 0.25) is 16.7 Å². The summed E-state index contributed by atoms with van der Waals surface area (Å²) < 4.78 is 69.9. The van der Waals surface area contributed by atoms with E-state index in [0.29, 0.717) is 26.9 Å². The molecule has 0 unspecified atom stereocenters. The lowest BCUT2D eigenvalue weighted by atomic mass is 9.95. The van der Waals surface area contributed by atoms with E-state index in [9.17, 15) is 22.4 Å². The van der Waals surface area contributed by atoms with E-state index in [0.717, 1.165) is 99.9 Å². The van der Waals surface area contributed by atoms with Crippen LogP contribution in [0.2, 0.25) is 0 Å². The van der Waals surface area contributed by atoms with Crippen molar-refractivity contribution >= 4 is 45.1 Å². The minimum Gasteiger partial charge on any atom is -0.372 e. The molecule has 4 aliphatic rings. The molecular formula is C38H42F3N7O5S. The standard InChI is InChI=1S/C38H42F3N7O5S/c39-28-11-14-46(23-28)48(54(51)52)33-8-7-32(40)34(35(33)41)36(49)31-21-43-37-30(31)19-27(20-42-37)25-3-5-29(6-4-25)45-12-9-24(10-13-45)22-44-15-17-47(18-16-44)53-38(50)26-1-2-26/h3-8,19-21,24,26,28,54H,1-2,9-18,22-23H2,(H,42,43)/t28-/m1/s1. The van der Waals surface area contributed by atoms with E-state index in [-0.39, 0.29) is 37.0 Å². The Morgan fingerprint density at radius 1 is 0.907 bits per heavy atom. The van der Waals surface area contributed by atoms with E-state index in [1.807, 2.05) is 17.2 Å². The Kier molecular flexibility index (Phi) is 10.3. The van der Waals surface area contributed by atoms with Gasteiger partial charge >= 0.3 is 5.97 Å². The molecule has 4 fully saturated rings. The molecule has 1 aliphatic carbocycles. The smallest absolute Gasteiger partial charge is 0.328 e. The Hall–Kier alpha value is -4.51. The third-order valence-electron chi connectivity index (χ3n) is 11.0. The van der Waals surface area contributed by atoms with Crippen LogP contribution in [0.4, 0.5) is 24.5 Å². The second kappa shape index (κ2) is 15.3. The zero-order valence-corrected chi connectivity index (χ0v) is 30.5. The molecule has 2 aromatic carbocycles. The number of anilines is 2. The lowest BCUT2D eigenvalue weighted by Crippen LogP contribution is -2.49. The number of piperidine rings is 1. The molecule has 16 heteroatoms. The quantitative estimate of drug-likeness (QED) is 0.164. The normalized spacial score (nSPS) is 20.6. The maximum absolute atomic E-state index is 15.9. The average Bonchev–Trinajstić information content (AvgIpc) is 3.82. The number of alkyl halides is 1. The Morgan fingerprint density at radius 2 is 1.65 bits per heavy atom. The molecule has 0 spiro atoms. The summed E-state index contributed by atoms with van der Waals surface area (Å²) in [6.45, 7) is 5.94. The van der Waals surface area contributed by atoms with Crippen molar-refractivity contribution in [3.05, 3.63) is 77.6 Å². The molecule has 286 valence electrons. The Labute approximate surface area is 312 Å². The number of halogens is 3. The van der Waals surface area contributed by atoms with Crippen LogP contribution >= 0.6 is 0 Å². The van der Waals surface area contributed by atoms with Crippen molar-refractivity contribution in [1.29, 1.82) is 0 Å². The minimum atomic E-state index is -3.46. The number of ketones is 1. The highest BCUT2D eigenvalue weighted by molar-refractivity contribution is 7.73. The minimum absolute atomic E-state index is 0.0160. The number of hydrazine groups is 1. The number of H-pyrrole nitrogens is 1. The summed E-state index contributed by atoms with van der Waals surface area (Å²) in [4.78, 5) is 43.5. The van der Waals surface area contributed by atoms with Gasteiger partial charge in [-0.15, -0.1) is 5.06 Å². The van der Waals surface area contributed by atoms with Gasteiger partial charge in [-0.1, -0.05) is 12.1 Å².